The van der Waals surface area contributed by atoms with Gasteiger partial charge in [-0.3, -0.25) is 4.79 Å². The Labute approximate surface area is 226 Å². The zero-order valence-corrected chi connectivity index (χ0v) is 21.8. The van der Waals surface area contributed by atoms with Crippen LogP contribution in [0.1, 0.15) is 33.2 Å². The molecule has 9 nitrogen and oxygen atoms in total. The Morgan fingerprint density at radius 1 is 0.872 bits per heavy atom. The second-order valence-corrected chi connectivity index (χ2v) is 9.14. The third-order valence-electron chi connectivity index (χ3n) is 6.48. The van der Waals surface area contributed by atoms with E-state index < -0.39 is 36.3 Å². The molecule has 4 atom stereocenters. The summed E-state index contributed by atoms with van der Waals surface area (Å²) in [6, 6.07) is 23.0. The first kappa shape index (κ1) is 27.8. The molecule has 1 aliphatic rings. The van der Waals surface area contributed by atoms with Crippen molar-refractivity contribution in [2.75, 3.05) is 20.3 Å². The Morgan fingerprint density at radius 3 is 1.97 bits per heavy atom. The highest BCUT2D eigenvalue weighted by atomic mass is 16.6. The lowest BCUT2D eigenvalue weighted by Crippen LogP contribution is -2.50. The van der Waals surface area contributed by atoms with E-state index >= 15 is 0 Å². The molecule has 3 aromatic rings. The quantitative estimate of drug-likeness (QED) is 0.396. The average molecular weight is 534 g/mol. The van der Waals surface area contributed by atoms with Crippen LogP contribution in [-0.2, 0) is 25.6 Å². The third-order valence-corrected chi connectivity index (χ3v) is 6.48. The number of rotatable bonds is 10. The fourth-order valence-corrected chi connectivity index (χ4v) is 4.50. The van der Waals surface area contributed by atoms with Crippen molar-refractivity contribution in [3.05, 3.63) is 102 Å². The van der Waals surface area contributed by atoms with E-state index in [4.69, 9.17) is 18.9 Å². The molecule has 0 aromatic heterocycles. The number of amides is 1. The summed E-state index contributed by atoms with van der Waals surface area (Å²) in [5.41, 5.74) is 1.46. The van der Waals surface area contributed by atoms with Crippen LogP contribution in [0.3, 0.4) is 0 Å². The van der Waals surface area contributed by atoms with Crippen LogP contribution in [-0.4, -0.2) is 72.5 Å². The van der Waals surface area contributed by atoms with E-state index in [1.54, 1.807) is 79.9 Å². The zero-order valence-electron chi connectivity index (χ0n) is 21.8. The number of ether oxygens (including phenoxy) is 4. The highest BCUT2D eigenvalue weighted by Crippen LogP contribution is 2.29. The topological polar surface area (TPSA) is 112 Å². The van der Waals surface area contributed by atoms with Crippen molar-refractivity contribution >= 4 is 17.8 Å². The standard InChI is InChI=1S/C30H31NO8/c1-20(32)31-17-26(38-29(34)22-9-5-3-6-10-22)28(39-30(35)23-11-7-4-8-12-23)27(31)25(33)19-37-18-21-13-15-24(36-2)16-14-21/h3-16,25-28,33H,17-19H2,1-2H3/t25-,26+,27+,28-/m1/s1. The second kappa shape index (κ2) is 13.0. The second-order valence-electron chi connectivity index (χ2n) is 9.14. The number of hydrogen-bond acceptors (Lipinski definition) is 8. The molecule has 0 bridgehead atoms. The number of likely N-dealkylation sites (tertiary alicyclic amines) is 1. The molecule has 3 aromatic carbocycles. The minimum Gasteiger partial charge on any atom is -0.497 e. The van der Waals surface area contributed by atoms with Crippen molar-refractivity contribution in [2.24, 2.45) is 0 Å². The average Bonchev–Trinajstić information content (AvgIpc) is 3.32. The summed E-state index contributed by atoms with van der Waals surface area (Å²) >= 11 is 0. The van der Waals surface area contributed by atoms with Gasteiger partial charge in [0.25, 0.3) is 0 Å². The first-order valence-corrected chi connectivity index (χ1v) is 12.6. The molecular weight excluding hydrogens is 502 g/mol. The van der Waals surface area contributed by atoms with E-state index in [2.05, 4.69) is 0 Å². The van der Waals surface area contributed by atoms with Gasteiger partial charge in [0.2, 0.25) is 5.91 Å². The Bertz CT molecular complexity index is 1250. The van der Waals surface area contributed by atoms with E-state index in [0.717, 1.165) is 5.56 Å². The lowest BCUT2D eigenvalue weighted by molar-refractivity contribution is -0.135. The summed E-state index contributed by atoms with van der Waals surface area (Å²) in [6.45, 7) is 1.34. The van der Waals surface area contributed by atoms with Gasteiger partial charge in [0, 0.05) is 6.92 Å². The van der Waals surface area contributed by atoms with E-state index in [0.29, 0.717) is 11.3 Å². The van der Waals surface area contributed by atoms with Gasteiger partial charge in [0.1, 0.15) is 17.9 Å². The molecule has 4 rings (SSSR count). The summed E-state index contributed by atoms with van der Waals surface area (Å²) in [5, 5.41) is 11.2. The molecule has 9 heteroatoms. The van der Waals surface area contributed by atoms with Crippen molar-refractivity contribution in [2.45, 2.75) is 37.9 Å². The van der Waals surface area contributed by atoms with Gasteiger partial charge in [-0.25, -0.2) is 9.59 Å². The lowest BCUT2D eigenvalue weighted by Gasteiger charge is -2.31. The van der Waals surface area contributed by atoms with Crippen LogP contribution < -0.4 is 4.74 Å². The number of carbonyl (C=O) groups is 3. The number of hydrogen-bond donors (Lipinski definition) is 1. The molecule has 0 spiro atoms. The Kier molecular flexibility index (Phi) is 9.30. The number of aliphatic hydroxyl groups excluding tert-OH is 1. The van der Waals surface area contributed by atoms with Gasteiger partial charge in [0.15, 0.2) is 12.2 Å². The van der Waals surface area contributed by atoms with Crippen molar-refractivity contribution in [1.82, 2.24) is 4.90 Å². The number of nitrogens with zero attached hydrogens (tertiary/aromatic N) is 1. The number of methoxy groups -OCH3 is 1. The fraction of sp³-hybridized carbons (Fsp3) is 0.300. The van der Waals surface area contributed by atoms with Crippen molar-refractivity contribution < 1.29 is 38.4 Å². The van der Waals surface area contributed by atoms with Gasteiger partial charge in [-0.1, -0.05) is 48.5 Å². The molecule has 1 amide bonds. The first-order valence-electron chi connectivity index (χ1n) is 12.6. The maximum Gasteiger partial charge on any atom is 0.338 e. The van der Waals surface area contributed by atoms with Crippen LogP contribution in [0.4, 0.5) is 0 Å². The maximum atomic E-state index is 13.0. The third kappa shape index (κ3) is 7.01. The minimum atomic E-state index is -1.24. The molecule has 0 saturated carbocycles. The van der Waals surface area contributed by atoms with E-state index in [9.17, 15) is 19.5 Å². The van der Waals surface area contributed by atoms with Crippen LogP contribution in [0.2, 0.25) is 0 Å². The van der Waals surface area contributed by atoms with E-state index in [1.807, 2.05) is 12.1 Å². The summed E-state index contributed by atoms with van der Waals surface area (Å²) in [6.07, 6.45) is -3.37. The molecule has 204 valence electrons. The highest BCUT2D eigenvalue weighted by molar-refractivity contribution is 5.90. The van der Waals surface area contributed by atoms with Gasteiger partial charge >= 0.3 is 11.9 Å². The molecule has 1 fully saturated rings. The Hall–Kier alpha value is -4.21. The van der Waals surface area contributed by atoms with E-state index in [-0.39, 0.29) is 31.2 Å². The molecule has 0 radical (unpaired) electrons. The van der Waals surface area contributed by atoms with Crippen LogP contribution in [0, 0.1) is 0 Å². The first-order chi connectivity index (χ1) is 18.9. The highest BCUT2D eigenvalue weighted by Gasteiger charge is 2.51. The Balaban J connectivity index is 1.53. The van der Waals surface area contributed by atoms with Gasteiger partial charge in [-0.2, -0.15) is 0 Å². The molecule has 1 aliphatic heterocycles. The van der Waals surface area contributed by atoms with Gasteiger partial charge in [0.05, 0.1) is 38.0 Å². The summed E-state index contributed by atoms with van der Waals surface area (Å²) in [7, 11) is 1.58. The van der Waals surface area contributed by atoms with Gasteiger partial charge in [-0.15, -0.1) is 0 Å². The van der Waals surface area contributed by atoms with Crippen molar-refractivity contribution in [1.29, 1.82) is 0 Å². The summed E-state index contributed by atoms with van der Waals surface area (Å²) in [4.78, 5) is 39.8. The maximum absolute atomic E-state index is 13.0. The predicted molar refractivity (Wildman–Crippen MR) is 141 cm³/mol. The van der Waals surface area contributed by atoms with Crippen LogP contribution in [0.15, 0.2) is 84.9 Å². The molecule has 1 heterocycles. The normalized spacial score (nSPS) is 19.3. The Morgan fingerprint density at radius 2 is 1.44 bits per heavy atom. The largest absolute Gasteiger partial charge is 0.497 e. The van der Waals surface area contributed by atoms with E-state index in [1.165, 1.54) is 11.8 Å². The predicted octanol–water partition coefficient (Wildman–Crippen LogP) is 3.25. The van der Waals surface area contributed by atoms with Gasteiger partial charge in [-0.05, 0) is 42.0 Å². The smallest absolute Gasteiger partial charge is 0.338 e. The zero-order chi connectivity index (χ0) is 27.8. The van der Waals surface area contributed by atoms with Crippen LogP contribution in [0.5, 0.6) is 5.75 Å². The monoisotopic (exact) mass is 533 g/mol. The fourth-order valence-electron chi connectivity index (χ4n) is 4.50. The number of benzene rings is 3. The minimum absolute atomic E-state index is 0.0547. The summed E-state index contributed by atoms with van der Waals surface area (Å²) in [5.74, 6) is -0.951. The molecule has 0 aliphatic carbocycles. The van der Waals surface area contributed by atoms with Crippen LogP contribution >= 0.6 is 0 Å². The molecule has 1 saturated heterocycles. The van der Waals surface area contributed by atoms with Crippen molar-refractivity contribution in [3.8, 4) is 5.75 Å². The van der Waals surface area contributed by atoms with Crippen molar-refractivity contribution in [3.63, 3.8) is 0 Å². The van der Waals surface area contributed by atoms with Gasteiger partial charge < -0.3 is 29.0 Å². The number of esters is 2. The summed E-state index contributed by atoms with van der Waals surface area (Å²) < 4.78 is 22.4. The van der Waals surface area contributed by atoms with Crippen LogP contribution in [0.25, 0.3) is 0 Å². The molecular formula is C30H31NO8. The lowest BCUT2D eigenvalue weighted by atomic mass is 10.0. The molecule has 39 heavy (non-hydrogen) atoms. The SMILES string of the molecule is COc1ccc(COC[C@@H](O)[C@H]2[C@H](OC(=O)c3ccccc3)[C@@H](OC(=O)c3ccccc3)CN2C(C)=O)cc1. The molecule has 1 N–H and O–H groups in total. The molecule has 0 unspecified atom stereocenters. The number of aliphatic hydroxyl groups is 1. The number of carbonyl (C=O) groups excluding carboxylic acids is 3.